The van der Waals surface area contributed by atoms with Crippen molar-refractivity contribution in [2.24, 2.45) is 0 Å². The van der Waals surface area contributed by atoms with E-state index in [1.807, 2.05) is 6.07 Å². The molecule has 0 saturated carbocycles. The Bertz CT molecular complexity index is 667. The van der Waals surface area contributed by atoms with Gasteiger partial charge < -0.3 is 14.9 Å². The molecule has 0 spiro atoms. The standard InChI is InChI=1S/C18H22FN3O2/c19-16-9-14(11-20)8-15(10-16)17(23)22-7-3-4-18(24,13-22)12-21-5-1-2-6-21/h8-10,24H,1-7,12-13H2/t18-/m0/s1. The van der Waals surface area contributed by atoms with Crippen LogP contribution in [0.1, 0.15) is 41.6 Å². The van der Waals surface area contributed by atoms with Crippen molar-refractivity contribution >= 4 is 5.91 Å². The molecule has 128 valence electrons. The van der Waals surface area contributed by atoms with Crippen molar-refractivity contribution in [1.29, 1.82) is 5.26 Å². The van der Waals surface area contributed by atoms with Crippen molar-refractivity contribution in [3.05, 3.63) is 35.1 Å². The van der Waals surface area contributed by atoms with E-state index >= 15 is 0 Å². The number of aliphatic hydroxyl groups is 1. The molecule has 24 heavy (non-hydrogen) atoms. The van der Waals surface area contributed by atoms with Gasteiger partial charge in [-0.2, -0.15) is 5.26 Å². The zero-order valence-corrected chi connectivity index (χ0v) is 13.7. The molecule has 0 bridgehead atoms. The number of piperidine rings is 1. The van der Waals surface area contributed by atoms with Crippen LogP contribution in [0.15, 0.2) is 18.2 Å². The number of likely N-dealkylation sites (tertiary alicyclic amines) is 2. The largest absolute Gasteiger partial charge is 0.387 e. The first-order valence-corrected chi connectivity index (χ1v) is 8.44. The number of hydrogen-bond donors (Lipinski definition) is 1. The zero-order chi connectivity index (χ0) is 17.2. The van der Waals surface area contributed by atoms with Crippen LogP contribution in [-0.2, 0) is 0 Å². The smallest absolute Gasteiger partial charge is 0.254 e. The molecule has 2 fully saturated rings. The van der Waals surface area contributed by atoms with Crippen molar-refractivity contribution in [3.8, 4) is 6.07 Å². The number of rotatable bonds is 3. The quantitative estimate of drug-likeness (QED) is 0.916. The Morgan fingerprint density at radius 3 is 2.71 bits per heavy atom. The lowest BCUT2D eigenvalue weighted by Crippen LogP contribution is -2.55. The molecular formula is C18H22FN3O2. The van der Waals surface area contributed by atoms with Crippen LogP contribution >= 0.6 is 0 Å². The van der Waals surface area contributed by atoms with Crippen molar-refractivity contribution in [2.75, 3.05) is 32.7 Å². The summed E-state index contributed by atoms with van der Waals surface area (Å²) >= 11 is 0. The van der Waals surface area contributed by atoms with E-state index < -0.39 is 11.4 Å². The third kappa shape index (κ3) is 3.74. The minimum absolute atomic E-state index is 0.127. The van der Waals surface area contributed by atoms with E-state index in [0.717, 1.165) is 44.5 Å². The minimum Gasteiger partial charge on any atom is -0.387 e. The molecule has 2 aliphatic rings. The van der Waals surface area contributed by atoms with Crippen LogP contribution < -0.4 is 0 Å². The molecule has 2 aliphatic heterocycles. The van der Waals surface area contributed by atoms with Gasteiger partial charge in [0.05, 0.1) is 23.8 Å². The number of nitrogens with zero attached hydrogens (tertiary/aromatic N) is 3. The van der Waals surface area contributed by atoms with Crippen molar-refractivity contribution in [2.45, 2.75) is 31.3 Å². The lowest BCUT2D eigenvalue weighted by atomic mass is 9.91. The van der Waals surface area contributed by atoms with Gasteiger partial charge in [0.2, 0.25) is 0 Å². The van der Waals surface area contributed by atoms with E-state index in [4.69, 9.17) is 5.26 Å². The summed E-state index contributed by atoms with van der Waals surface area (Å²) in [6, 6.07) is 5.52. The van der Waals surface area contributed by atoms with Crippen LogP contribution in [0.25, 0.3) is 0 Å². The Labute approximate surface area is 141 Å². The lowest BCUT2D eigenvalue weighted by molar-refractivity contribution is -0.0431. The number of benzene rings is 1. The first-order valence-electron chi connectivity index (χ1n) is 8.44. The fourth-order valence-corrected chi connectivity index (χ4v) is 3.73. The molecule has 6 heteroatoms. The Morgan fingerprint density at radius 2 is 2.00 bits per heavy atom. The van der Waals surface area contributed by atoms with E-state index in [9.17, 15) is 14.3 Å². The van der Waals surface area contributed by atoms with E-state index in [2.05, 4.69) is 4.90 Å². The highest BCUT2D eigenvalue weighted by molar-refractivity contribution is 5.94. The fourth-order valence-electron chi connectivity index (χ4n) is 3.73. The van der Waals surface area contributed by atoms with Gasteiger partial charge in [0.1, 0.15) is 5.82 Å². The highest BCUT2D eigenvalue weighted by Gasteiger charge is 2.37. The molecule has 0 unspecified atom stereocenters. The molecule has 1 N–H and O–H groups in total. The summed E-state index contributed by atoms with van der Waals surface area (Å²) < 4.78 is 13.6. The van der Waals surface area contributed by atoms with Gasteiger partial charge in [-0.25, -0.2) is 4.39 Å². The maximum Gasteiger partial charge on any atom is 0.254 e. The summed E-state index contributed by atoms with van der Waals surface area (Å²) in [5.41, 5.74) is -0.622. The number of carbonyl (C=O) groups excluding carboxylic acids is 1. The summed E-state index contributed by atoms with van der Waals surface area (Å²) in [5.74, 6) is -0.924. The number of amides is 1. The summed E-state index contributed by atoms with van der Waals surface area (Å²) in [6.45, 7) is 3.35. The van der Waals surface area contributed by atoms with Crippen LogP contribution in [0.3, 0.4) is 0 Å². The first-order chi connectivity index (χ1) is 11.5. The molecule has 1 atom stereocenters. The minimum atomic E-state index is -0.913. The molecule has 1 aromatic carbocycles. The van der Waals surface area contributed by atoms with E-state index in [0.29, 0.717) is 19.5 Å². The van der Waals surface area contributed by atoms with Gasteiger partial charge in [-0.05, 0) is 57.0 Å². The zero-order valence-electron chi connectivity index (χ0n) is 13.7. The van der Waals surface area contributed by atoms with Crippen LogP contribution in [0, 0.1) is 17.1 Å². The monoisotopic (exact) mass is 331 g/mol. The number of nitriles is 1. The van der Waals surface area contributed by atoms with Gasteiger partial charge in [-0.15, -0.1) is 0 Å². The Morgan fingerprint density at radius 1 is 1.25 bits per heavy atom. The number of halogens is 1. The van der Waals surface area contributed by atoms with Crippen molar-refractivity contribution < 1.29 is 14.3 Å². The second-order valence-corrected chi connectivity index (χ2v) is 6.88. The van der Waals surface area contributed by atoms with Crippen molar-refractivity contribution in [1.82, 2.24) is 9.80 Å². The Hall–Kier alpha value is -1.97. The maximum absolute atomic E-state index is 13.6. The molecule has 2 saturated heterocycles. The van der Waals surface area contributed by atoms with E-state index in [1.165, 1.54) is 6.07 Å². The predicted octanol–water partition coefficient (Wildman–Crippen LogP) is 1.76. The molecule has 0 aliphatic carbocycles. The first kappa shape index (κ1) is 16.9. The van der Waals surface area contributed by atoms with Crippen LogP contribution in [0.5, 0.6) is 0 Å². The summed E-state index contributed by atoms with van der Waals surface area (Å²) in [7, 11) is 0. The van der Waals surface area contributed by atoms with Crippen molar-refractivity contribution in [3.63, 3.8) is 0 Å². The summed E-state index contributed by atoms with van der Waals surface area (Å²) in [6.07, 6.45) is 3.69. The molecule has 0 radical (unpaired) electrons. The fraction of sp³-hybridized carbons (Fsp3) is 0.556. The van der Waals surface area contributed by atoms with E-state index in [1.54, 1.807) is 4.90 Å². The molecular weight excluding hydrogens is 309 g/mol. The molecule has 1 amide bonds. The molecule has 5 nitrogen and oxygen atoms in total. The summed E-state index contributed by atoms with van der Waals surface area (Å²) in [4.78, 5) is 16.5. The van der Waals surface area contributed by atoms with Crippen LogP contribution in [0.4, 0.5) is 4.39 Å². The number of β-amino-alcohol motifs (C(OH)–C–C–N with tert-alkyl or cyclic N) is 1. The van der Waals surface area contributed by atoms with Gasteiger partial charge >= 0.3 is 0 Å². The maximum atomic E-state index is 13.6. The summed E-state index contributed by atoms with van der Waals surface area (Å²) in [5, 5.41) is 19.8. The number of carbonyl (C=O) groups is 1. The molecule has 3 rings (SSSR count). The lowest BCUT2D eigenvalue weighted by Gasteiger charge is -2.41. The molecule has 1 aromatic rings. The van der Waals surface area contributed by atoms with E-state index in [-0.39, 0.29) is 23.6 Å². The van der Waals surface area contributed by atoms with Gasteiger partial charge in [0, 0.05) is 18.7 Å². The van der Waals surface area contributed by atoms with Gasteiger partial charge in [0.25, 0.3) is 5.91 Å². The average molecular weight is 331 g/mol. The third-order valence-electron chi connectivity index (χ3n) is 4.83. The van der Waals surface area contributed by atoms with Gasteiger partial charge in [0.15, 0.2) is 0 Å². The predicted molar refractivity (Wildman–Crippen MR) is 86.9 cm³/mol. The second kappa shape index (κ2) is 6.88. The highest BCUT2D eigenvalue weighted by atomic mass is 19.1. The van der Waals surface area contributed by atoms with Crippen LogP contribution in [0.2, 0.25) is 0 Å². The van der Waals surface area contributed by atoms with Gasteiger partial charge in [-0.1, -0.05) is 0 Å². The molecule has 0 aromatic heterocycles. The highest BCUT2D eigenvalue weighted by Crippen LogP contribution is 2.25. The Kier molecular flexibility index (Phi) is 4.83. The topological polar surface area (TPSA) is 67.6 Å². The second-order valence-electron chi connectivity index (χ2n) is 6.88. The third-order valence-corrected chi connectivity index (χ3v) is 4.83. The molecule has 2 heterocycles. The number of hydrogen-bond acceptors (Lipinski definition) is 4. The Balaban J connectivity index is 1.73. The van der Waals surface area contributed by atoms with Gasteiger partial charge in [-0.3, -0.25) is 4.79 Å². The SMILES string of the molecule is N#Cc1cc(F)cc(C(=O)N2CCC[C@](O)(CN3CCCC3)C2)c1. The van der Waals surface area contributed by atoms with Crippen LogP contribution in [-0.4, -0.2) is 59.1 Å². The normalized spacial score (nSPS) is 24.8. The average Bonchev–Trinajstić information content (AvgIpc) is 3.05.